The van der Waals surface area contributed by atoms with Crippen LogP contribution in [-0.2, 0) is 6.54 Å². The molecule has 1 heterocycles. The summed E-state index contributed by atoms with van der Waals surface area (Å²) in [5.74, 6) is 0. The minimum atomic E-state index is -0.110. The Morgan fingerprint density at radius 2 is 2.45 bits per heavy atom. The highest BCUT2D eigenvalue weighted by Gasteiger charge is 1.94. The zero-order chi connectivity index (χ0) is 8.10. The van der Waals surface area contributed by atoms with Crippen LogP contribution in [0.15, 0.2) is 11.1 Å². The van der Waals surface area contributed by atoms with Crippen LogP contribution < -0.4 is 5.69 Å². The van der Waals surface area contributed by atoms with E-state index in [9.17, 15) is 4.79 Å². The first-order valence-corrected chi connectivity index (χ1v) is 3.94. The summed E-state index contributed by atoms with van der Waals surface area (Å²) in [5, 5.41) is 5.98. The van der Waals surface area contributed by atoms with E-state index in [0.717, 1.165) is 19.4 Å². The van der Waals surface area contributed by atoms with E-state index in [1.54, 1.807) is 4.57 Å². The van der Waals surface area contributed by atoms with E-state index in [1.807, 2.05) is 0 Å². The summed E-state index contributed by atoms with van der Waals surface area (Å²) < 4.78 is 1.59. The lowest BCUT2D eigenvalue weighted by molar-refractivity contribution is 0.588. The molecule has 0 atom stereocenters. The zero-order valence-electron chi connectivity index (χ0n) is 6.71. The molecular weight excluding hydrogens is 142 g/mol. The van der Waals surface area contributed by atoms with E-state index in [-0.39, 0.29) is 5.69 Å². The standard InChI is InChI=1S/C7H13N3O/c1-2-3-4-5-10-6-8-9-7(10)11/h6H,2-5H2,1H3,(H,9,11). The number of H-pyrrole nitrogens is 1. The van der Waals surface area contributed by atoms with Crippen molar-refractivity contribution in [2.75, 3.05) is 0 Å². The summed E-state index contributed by atoms with van der Waals surface area (Å²) in [6.07, 6.45) is 4.93. The van der Waals surface area contributed by atoms with Gasteiger partial charge in [0, 0.05) is 6.54 Å². The highest BCUT2D eigenvalue weighted by molar-refractivity contribution is 4.62. The highest BCUT2D eigenvalue weighted by atomic mass is 16.1. The van der Waals surface area contributed by atoms with Gasteiger partial charge in [-0.25, -0.2) is 9.89 Å². The van der Waals surface area contributed by atoms with Crippen LogP contribution in [0.2, 0.25) is 0 Å². The molecule has 0 unspecified atom stereocenters. The van der Waals surface area contributed by atoms with Gasteiger partial charge in [-0.15, -0.1) is 0 Å². The molecule has 0 aliphatic heterocycles. The molecule has 62 valence electrons. The number of hydrogen-bond donors (Lipinski definition) is 1. The smallest absolute Gasteiger partial charge is 0.282 e. The van der Waals surface area contributed by atoms with Crippen molar-refractivity contribution in [2.45, 2.75) is 32.7 Å². The maximum absolute atomic E-state index is 10.9. The summed E-state index contributed by atoms with van der Waals surface area (Å²) in [6.45, 7) is 2.92. The van der Waals surface area contributed by atoms with Gasteiger partial charge in [-0.3, -0.25) is 4.57 Å². The molecule has 1 rings (SSSR count). The second-order valence-corrected chi connectivity index (χ2v) is 2.56. The van der Waals surface area contributed by atoms with Gasteiger partial charge in [0.2, 0.25) is 0 Å². The number of hydrogen-bond acceptors (Lipinski definition) is 2. The van der Waals surface area contributed by atoms with Crippen LogP contribution in [0.3, 0.4) is 0 Å². The lowest BCUT2D eigenvalue weighted by Gasteiger charge is -1.96. The van der Waals surface area contributed by atoms with E-state index in [4.69, 9.17) is 0 Å². The molecule has 0 aromatic carbocycles. The SMILES string of the molecule is CCCCCn1cn[nH]c1=O. The van der Waals surface area contributed by atoms with Crippen LogP contribution in [0.1, 0.15) is 26.2 Å². The van der Waals surface area contributed by atoms with E-state index in [2.05, 4.69) is 17.1 Å². The number of aromatic amines is 1. The minimum absolute atomic E-state index is 0.110. The van der Waals surface area contributed by atoms with Gasteiger partial charge in [0.15, 0.2) is 0 Å². The molecule has 1 N–H and O–H groups in total. The first-order chi connectivity index (χ1) is 5.34. The van der Waals surface area contributed by atoms with Crippen molar-refractivity contribution < 1.29 is 0 Å². The lowest BCUT2D eigenvalue weighted by Crippen LogP contribution is -2.15. The van der Waals surface area contributed by atoms with Crippen molar-refractivity contribution in [3.8, 4) is 0 Å². The topological polar surface area (TPSA) is 50.7 Å². The monoisotopic (exact) mass is 155 g/mol. The molecule has 1 aromatic heterocycles. The Morgan fingerprint density at radius 1 is 1.64 bits per heavy atom. The zero-order valence-corrected chi connectivity index (χ0v) is 6.71. The normalized spacial score (nSPS) is 10.3. The molecule has 0 radical (unpaired) electrons. The molecule has 0 saturated carbocycles. The highest BCUT2D eigenvalue weighted by Crippen LogP contribution is 1.94. The fraction of sp³-hybridized carbons (Fsp3) is 0.714. The van der Waals surface area contributed by atoms with Crippen molar-refractivity contribution in [1.29, 1.82) is 0 Å². The fourth-order valence-electron chi connectivity index (χ4n) is 0.962. The average molecular weight is 155 g/mol. The van der Waals surface area contributed by atoms with Gasteiger partial charge in [0.05, 0.1) is 0 Å². The summed E-state index contributed by atoms with van der Waals surface area (Å²) >= 11 is 0. The number of nitrogens with one attached hydrogen (secondary N) is 1. The van der Waals surface area contributed by atoms with E-state index in [1.165, 1.54) is 12.7 Å². The second-order valence-electron chi connectivity index (χ2n) is 2.56. The molecule has 0 aliphatic rings. The van der Waals surface area contributed by atoms with Gasteiger partial charge in [-0.1, -0.05) is 19.8 Å². The summed E-state index contributed by atoms with van der Waals surface area (Å²) in [5.41, 5.74) is -0.110. The summed E-state index contributed by atoms with van der Waals surface area (Å²) in [6, 6.07) is 0. The summed E-state index contributed by atoms with van der Waals surface area (Å²) in [4.78, 5) is 10.9. The molecule has 0 bridgehead atoms. The predicted molar refractivity (Wildman–Crippen MR) is 42.4 cm³/mol. The predicted octanol–water partition coefficient (Wildman–Crippen LogP) is 0.762. The van der Waals surface area contributed by atoms with Crippen molar-refractivity contribution in [2.24, 2.45) is 0 Å². The van der Waals surface area contributed by atoms with Crippen LogP contribution in [-0.4, -0.2) is 14.8 Å². The summed E-state index contributed by atoms with van der Waals surface area (Å²) in [7, 11) is 0. The first kappa shape index (κ1) is 8.04. The van der Waals surface area contributed by atoms with Gasteiger partial charge >= 0.3 is 5.69 Å². The number of aromatic nitrogens is 3. The number of aryl methyl sites for hydroxylation is 1. The van der Waals surface area contributed by atoms with Gasteiger partial charge in [0.25, 0.3) is 0 Å². The Hall–Kier alpha value is -1.06. The molecular formula is C7H13N3O. The quantitative estimate of drug-likeness (QED) is 0.652. The van der Waals surface area contributed by atoms with Crippen molar-refractivity contribution >= 4 is 0 Å². The van der Waals surface area contributed by atoms with Gasteiger partial charge in [-0.05, 0) is 6.42 Å². The number of nitrogens with zero attached hydrogens (tertiary/aromatic N) is 2. The van der Waals surface area contributed by atoms with Gasteiger partial charge in [-0.2, -0.15) is 5.10 Å². The first-order valence-electron chi connectivity index (χ1n) is 3.94. The molecule has 0 aliphatic carbocycles. The third kappa shape index (κ3) is 2.22. The number of rotatable bonds is 4. The van der Waals surface area contributed by atoms with Crippen LogP contribution >= 0.6 is 0 Å². The van der Waals surface area contributed by atoms with E-state index < -0.39 is 0 Å². The maximum Gasteiger partial charge on any atom is 0.343 e. The Morgan fingerprint density at radius 3 is 3.00 bits per heavy atom. The third-order valence-corrected chi connectivity index (χ3v) is 1.62. The maximum atomic E-state index is 10.9. The van der Waals surface area contributed by atoms with Crippen LogP contribution in [0, 0.1) is 0 Å². The molecule has 1 aromatic rings. The van der Waals surface area contributed by atoms with E-state index >= 15 is 0 Å². The molecule has 4 heteroatoms. The molecule has 0 fully saturated rings. The largest absolute Gasteiger partial charge is 0.343 e. The van der Waals surface area contributed by atoms with Crippen molar-refractivity contribution in [3.05, 3.63) is 16.8 Å². The molecule has 11 heavy (non-hydrogen) atoms. The van der Waals surface area contributed by atoms with Crippen molar-refractivity contribution in [1.82, 2.24) is 14.8 Å². The molecule has 0 spiro atoms. The fourth-order valence-corrected chi connectivity index (χ4v) is 0.962. The van der Waals surface area contributed by atoms with Crippen LogP contribution in [0.4, 0.5) is 0 Å². The van der Waals surface area contributed by atoms with Gasteiger partial charge < -0.3 is 0 Å². The van der Waals surface area contributed by atoms with E-state index in [0.29, 0.717) is 0 Å². The lowest BCUT2D eigenvalue weighted by atomic mass is 10.2. The van der Waals surface area contributed by atoms with Gasteiger partial charge in [0.1, 0.15) is 6.33 Å². The Bertz CT molecular complexity index is 250. The average Bonchev–Trinajstić information content (AvgIpc) is 2.37. The second kappa shape index (κ2) is 3.95. The van der Waals surface area contributed by atoms with Crippen LogP contribution in [0.5, 0.6) is 0 Å². The van der Waals surface area contributed by atoms with Crippen LogP contribution in [0.25, 0.3) is 0 Å². The molecule has 0 amide bonds. The molecule has 0 saturated heterocycles. The number of unbranched alkanes of at least 4 members (excludes halogenated alkanes) is 2. The molecule has 4 nitrogen and oxygen atoms in total. The van der Waals surface area contributed by atoms with Crippen molar-refractivity contribution in [3.63, 3.8) is 0 Å². The Kier molecular flexibility index (Phi) is 2.89. The Balaban J connectivity index is 2.39. The third-order valence-electron chi connectivity index (χ3n) is 1.62. The Labute approximate surface area is 65.2 Å². The minimum Gasteiger partial charge on any atom is -0.282 e.